The molecule has 0 aromatic heterocycles. The van der Waals surface area contributed by atoms with E-state index in [0.717, 1.165) is 4.90 Å². The third-order valence-electron chi connectivity index (χ3n) is 5.17. The highest BCUT2D eigenvalue weighted by Crippen LogP contribution is 2.36. The summed E-state index contributed by atoms with van der Waals surface area (Å²) in [6.07, 6.45) is 0.464. The molecule has 8 nitrogen and oxygen atoms in total. The van der Waals surface area contributed by atoms with Gasteiger partial charge in [-0.25, -0.2) is 0 Å². The average Bonchev–Trinajstić information content (AvgIpc) is 2.96. The van der Waals surface area contributed by atoms with Gasteiger partial charge in [0, 0.05) is 16.2 Å². The summed E-state index contributed by atoms with van der Waals surface area (Å²) >= 11 is 13.9. The monoisotopic (exact) mass is 535 g/mol. The van der Waals surface area contributed by atoms with Crippen molar-refractivity contribution in [3.05, 3.63) is 64.2 Å². The number of ketones is 1. The second-order valence-electron chi connectivity index (χ2n) is 7.60. The fourth-order valence-electron chi connectivity index (χ4n) is 3.32. The zero-order valence-corrected chi connectivity index (χ0v) is 21.1. The minimum atomic E-state index is -0.915. The largest absolute Gasteiger partial charge is 0.482 e. The van der Waals surface area contributed by atoms with Crippen molar-refractivity contribution in [2.45, 2.75) is 24.3 Å². The molecule has 0 aliphatic carbocycles. The van der Waals surface area contributed by atoms with E-state index in [9.17, 15) is 19.2 Å². The van der Waals surface area contributed by atoms with E-state index in [1.165, 1.54) is 28.8 Å². The Kier molecular flexibility index (Phi) is 8.82. The molecular weight excluding hydrogens is 513 g/mol. The molecule has 0 saturated heterocycles. The molecule has 3 amide bonds. The number of allylic oxidation sites excluding steroid dienone is 1. The van der Waals surface area contributed by atoms with Crippen molar-refractivity contribution >= 4 is 64.2 Å². The summed E-state index contributed by atoms with van der Waals surface area (Å²) in [4.78, 5) is 51.7. The van der Waals surface area contributed by atoms with Crippen molar-refractivity contribution in [1.82, 2.24) is 5.32 Å². The Hall–Kier alpha value is -3.01. The van der Waals surface area contributed by atoms with Crippen molar-refractivity contribution < 1.29 is 23.9 Å². The predicted octanol–water partition coefficient (Wildman–Crippen LogP) is 3.63. The first-order valence-electron chi connectivity index (χ1n) is 10.6. The minimum Gasteiger partial charge on any atom is -0.482 e. The number of carbonyl (C=O) groups is 4. The van der Waals surface area contributed by atoms with Gasteiger partial charge in [-0.1, -0.05) is 48.8 Å². The van der Waals surface area contributed by atoms with Gasteiger partial charge in [0.2, 0.25) is 5.91 Å². The number of nitrogens with two attached hydrogens (primary N) is 1. The quantitative estimate of drug-likeness (QED) is 0.373. The van der Waals surface area contributed by atoms with Crippen molar-refractivity contribution in [3.8, 4) is 5.75 Å². The van der Waals surface area contributed by atoms with Crippen molar-refractivity contribution in [2.24, 2.45) is 5.73 Å². The fourth-order valence-corrected chi connectivity index (χ4v) is 4.86. The maximum absolute atomic E-state index is 13.1. The van der Waals surface area contributed by atoms with Crippen molar-refractivity contribution in [3.63, 3.8) is 0 Å². The van der Waals surface area contributed by atoms with Gasteiger partial charge in [-0.3, -0.25) is 19.2 Å². The molecule has 35 heavy (non-hydrogen) atoms. The molecule has 3 N–H and O–H groups in total. The van der Waals surface area contributed by atoms with Gasteiger partial charge in [0.25, 0.3) is 11.8 Å². The lowest BCUT2D eigenvalue weighted by Gasteiger charge is -2.24. The molecule has 0 saturated carbocycles. The fraction of sp³-hybridized carbons (Fsp3) is 0.250. The number of thioether (sulfide) groups is 1. The lowest BCUT2D eigenvalue weighted by molar-refractivity contribution is -0.128. The number of halogens is 2. The second-order valence-corrected chi connectivity index (χ2v) is 9.42. The Morgan fingerprint density at radius 1 is 1.20 bits per heavy atom. The van der Waals surface area contributed by atoms with E-state index in [-0.39, 0.29) is 39.4 Å². The smallest absolute Gasteiger partial charge is 0.258 e. The van der Waals surface area contributed by atoms with Crippen molar-refractivity contribution in [2.75, 3.05) is 23.8 Å². The molecule has 1 aliphatic rings. The Bertz CT molecular complexity index is 1200. The van der Waals surface area contributed by atoms with Crippen LogP contribution in [0.25, 0.3) is 0 Å². The van der Waals surface area contributed by atoms with Crippen LogP contribution in [0.4, 0.5) is 5.69 Å². The molecule has 1 aliphatic heterocycles. The SMILES string of the molecule is C=C(CC)C(=O)c1ccc(OCC(=O)N[C@H]2CSc3ccccc3N(CC(N)=O)C2=O)c(Cl)c1Cl. The number of rotatable bonds is 9. The third kappa shape index (κ3) is 6.17. The number of ether oxygens (including phenoxy) is 1. The summed E-state index contributed by atoms with van der Waals surface area (Å²) in [6, 6.07) is 9.08. The number of Topliss-reactive ketones (excluding diaryl/α,β-unsaturated/α-hetero) is 1. The lowest BCUT2D eigenvalue weighted by atomic mass is 10.0. The van der Waals surface area contributed by atoms with Gasteiger partial charge in [-0.2, -0.15) is 0 Å². The van der Waals surface area contributed by atoms with E-state index in [4.69, 9.17) is 33.7 Å². The van der Waals surface area contributed by atoms with E-state index in [0.29, 0.717) is 17.7 Å². The van der Waals surface area contributed by atoms with Gasteiger partial charge >= 0.3 is 0 Å². The number of primary amides is 1. The molecule has 1 heterocycles. The first-order chi connectivity index (χ1) is 16.6. The van der Waals surface area contributed by atoms with Crippen LogP contribution in [0.3, 0.4) is 0 Å². The summed E-state index contributed by atoms with van der Waals surface area (Å²) < 4.78 is 5.49. The molecule has 0 radical (unpaired) electrons. The summed E-state index contributed by atoms with van der Waals surface area (Å²) in [5.41, 5.74) is 6.46. The number of amides is 3. The third-order valence-corrected chi connectivity index (χ3v) is 7.19. The second kappa shape index (κ2) is 11.6. The van der Waals surface area contributed by atoms with Crippen LogP contribution >= 0.6 is 35.0 Å². The number of hydrogen-bond acceptors (Lipinski definition) is 6. The number of fused-ring (bicyclic) bond motifs is 1. The zero-order chi connectivity index (χ0) is 25.7. The Morgan fingerprint density at radius 2 is 1.91 bits per heavy atom. The van der Waals surface area contributed by atoms with E-state index in [2.05, 4.69) is 11.9 Å². The number of hydrogen-bond donors (Lipinski definition) is 2. The summed E-state index contributed by atoms with van der Waals surface area (Å²) in [6.45, 7) is 4.74. The van der Waals surface area contributed by atoms with E-state index < -0.39 is 30.4 Å². The molecular formula is C24H23Cl2N3O5S. The number of benzene rings is 2. The van der Waals surface area contributed by atoms with Gasteiger partial charge < -0.3 is 20.7 Å². The number of carbonyl (C=O) groups excluding carboxylic acids is 4. The van der Waals surface area contributed by atoms with Crippen LogP contribution in [0, 0.1) is 0 Å². The molecule has 0 unspecified atom stereocenters. The van der Waals surface area contributed by atoms with Crippen LogP contribution in [-0.4, -0.2) is 48.5 Å². The molecule has 0 spiro atoms. The summed E-state index contributed by atoms with van der Waals surface area (Å²) in [5.74, 6) is -1.69. The highest BCUT2D eigenvalue weighted by atomic mass is 35.5. The van der Waals surface area contributed by atoms with Crippen LogP contribution in [0.2, 0.25) is 10.0 Å². The number of para-hydroxylation sites is 1. The molecule has 2 aromatic carbocycles. The zero-order valence-electron chi connectivity index (χ0n) is 18.8. The Balaban J connectivity index is 1.69. The van der Waals surface area contributed by atoms with Crippen LogP contribution in [0.5, 0.6) is 5.75 Å². The van der Waals surface area contributed by atoms with E-state index in [1.54, 1.807) is 19.1 Å². The van der Waals surface area contributed by atoms with Crippen LogP contribution in [0.1, 0.15) is 23.7 Å². The standard InChI is InChI=1S/C24H23Cl2N3O5S/c1-3-13(2)23(32)14-8-9-17(22(26)21(14)25)34-11-20(31)28-15-12-35-18-7-5-4-6-16(18)29(24(15)33)10-19(27)30/h4-9,15H,2-3,10-12H2,1H3,(H2,27,30)(H,28,31)/t15-/m0/s1. The predicted molar refractivity (Wildman–Crippen MR) is 136 cm³/mol. The van der Waals surface area contributed by atoms with Gasteiger partial charge in [0.1, 0.15) is 23.4 Å². The Morgan fingerprint density at radius 3 is 2.60 bits per heavy atom. The lowest BCUT2D eigenvalue weighted by Crippen LogP contribution is -2.52. The van der Waals surface area contributed by atoms with E-state index >= 15 is 0 Å². The number of nitrogens with zero attached hydrogens (tertiary/aromatic N) is 1. The topological polar surface area (TPSA) is 119 Å². The average molecular weight is 536 g/mol. The molecule has 0 fully saturated rings. The molecule has 2 aromatic rings. The first kappa shape index (κ1) is 26.6. The molecule has 0 bridgehead atoms. The van der Waals surface area contributed by atoms with Gasteiger partial charge in [-0.05, 0) is 36.3 Å². The van der Waals surface area contributed by atoms with Gasteiger partial charge in [0.15, 0.2) is 12.4 Å². The molecule has 11 heteroatoms. The van der Waals surface area contributed by atoms with Crippen LogP contribution in [-0.2, 0) is 14.4 Å². The Labute approximate surface area is 216 Å². The highest BCUT2D eigenvalue weighted by Gasteiger charge is 2.32. The van der Waals surface area contributed by atoms with Crippen LogP contribution in [0.15, 0.2) is 53.4 Å². The first-order valence-corrected chi connectivity index (χ1v) is 12.3. The normalized spacial score (nSPS) is 15.1. The molecule has 1 atom stereocenters. The number of anilines is 1. The van der Waals surface area contributed by atoms with Gasteiger partial charge in [0.05, 0.1) is 10.7 Å². The maximum Gasteiger partial charge on any atom is 0.258 e. The highest BCUT2D eigenvalue weighted by molar-refractivity contribution is 7.99. The van der Waals surface area contributed by atoms with Crippen LogP contribution < -0.4 is 20.7 Å². The van der Waals surface area contributed by atoms with Gasteiger partial charge in [-0.15, -0.1) is 11.8 Å². The summed E-state index contributed by atoms with van der Waals surface area (Å²) in [7, 11) is 0. The molecule has 184 valence electrons. The maximum atomic E-state index is 13.1. The van der Waals surface area contributed by atoms with E-state index in [1.807, 2.05) is 12.1 Å². The molecule has 3 rings (SSSR count). The number of nitrogens with one attached hydrogen (secondary N) is 1. The summed E-state index contributed by atoms with van der Waals surface area (Å²) in [5, 5.41) is 2.62. The minimum absolute atomic E-state index is 0.000575. The van der Waals surface area contributed by atoms with Crippen molar-refractivity contribution in [1.29, 1.82) is 0 Å².